The van der Waals surface area contributed by atoms with Crippen LogP contribution in [0.5, 0.6) is 0 Å². The summed E-state index contributed by atoms with van der Waals surface area (Å²) in [6, 6.07) is 9.04. The maximum Gasteiger partial charge on any atom is 0.0587 e. The van der Waals surface area contributed by atoms with Crippen LogP contribution in [0.3, 0.4) is 0 Å². The number of ether oxygens (including phenoxy) is 1. The molecule has 0 aliphatic heterocycles. The van der Waals surface area contributed by atoms with Gasteiger partial charge in [-0.2, -0.15) is 0 Å². The number of hydrogen-bond acceptors (Lipinski definition) is 2. The van der Waals surface area contributed by atoms with Gasteiger partial charge < -0.3 is 10.1 Å². The first-order chi connectivity index (χ1) is 9.07. The van der Waals surface area contributed by atoms with Crippen LogP contribution in [-0.2, 0) is 17.6 Å². The normalized spacial score (nSPS) is 11.8. The third kappa shape index (κ3) is 6.74. The molecule has 1 rings (SSSR count). The smallest absolute Gasteiger partial charge is 0.0587 e. The Morgan fingerprint density at radius 2 is 1.74 bits per heavy atom. The molecule has 2 heteroatoms. The Hall–Kier alpha value is -0.860. The van der Waals surface area contributed by atoms with Gasteiger partial charge in [0.25, 0.3) is 0 Å². The summed E-state index contributed by atoms with van der Waals surface area (Å²) in [5, 5.41) is 3.46. The van der Waals surface area contributed by atoms with Crippen LogP contribution in [0.4, 0.5) is 0 Å². The van der Waals surface area contributed by atoms with Crippen molar-refractivity contribution in [2.45, 2.75) is 40.0 Å². The van der Waals surface area contributed by atoms with Crippen molar-refractivity contribution in [2.24, 2.45) is 5.41 Å². The van der Waals surface area contributed by atoms with Crippen LogP contribution in [0.2, 0.25) is 0 Å². The second kappa shape index (κ2) is 8.34. The number of benzene rings is 1. The summed E-state index contributed by atoms with van der Waals surface area (Å²) >= 11 is 0. The maximum atomic E-state index is 5.05. The van der Waals surface area contributed by atoms with Crippen LogP contribution < -0.4 is 5.32 Å². The van der Waals surface area contributed by atoms with Gasteiger partial charge in [0.15, 0.2) is 0 Å². The predicted molar refractivity (Wildman–Crippen MR) is 82.7 cm³/mol. The van der Waals surface area contributed by atoms with Crippen LogP contribution in [-0.4, -0.2) is 26.8 Å². The molecule has 0 fully saturated rings. The first-order valence-corrected chi connectivity index (χ1v) is 7.35. The van der Waals surface area contributed by atoms with E-state index in [2.05, 4.69) is 50.4 Å². The van der Waals surface area contributed by atoms with E-state index < -0.39 is 0 Å². The predicted octanol–water partition coefficient (Wildman–Crippen LogP) is 3.44. The molecule has 0 amide bonds. The van der Waals surface area contributed by atoms with Gasteiger partial charge in [-0.15, -0.1) is 0 Å². The van der Waals surface area contributed by atoms with Gasteiger partial charge in [-0.05, 0) is 35.8 Å². The molecule has 0 saturated heterocycles. The van der Waals surface area contributed by atoms with Gasteiger partial charge in [0.1, 0.15) is 0 Å². The van der Waals surface area contributed by atoms with Crippen LogP contribution >= 0.6 is 0 Å². The minimum atomic E-state index is 0.331. The molecule has 0 spiro atoms. The molecule has 2 nitrogen and oxygen atoms in total. The van der Waals surface area contributed by atoms with Gasteiger partial charge >= 0.3 is 0 Å². The lowest BCUT2D eigenvalue weighted by Gasteiger charge is -2.25. The molecular weight excluding hydrogens is 234 g/mol. The lowest BCUT2D eigenvalue weighted by Crippen LogP contribution is -2.31. The number of methoxy groups -OCH3 is 1. The molecule has 0 aliphatic carbocycles. The van der Waals surface area contributed by atoms with Crippen LogP contribution in [0.1, 0.15) is 38.3 Å². The van der Waals surface area contributed by atoms with E-state index >= 15 is 0 Å². The van der Waals surface area contributed by atoms with E-state index in [1.165, 1.54) is 17.5 Å². The van der Waals surface area contributed by atoms with E-state index in [1.807, 2.05) is 0 Å². The molecule has 1 aromatic rings. The molecule has 0 aliphatic rings. The van der Waals surface area contributed by atoms with Crippen molar-refractivity contribution in [3.63, 3.8) is 0 Å². The summed E-state index contributed by atoms with van der Waals surface area (Å²) in [6.07, 6.45) is 3.48. The van der Waals surface area contributed by atoms with Crippen molar-refractivity contribution >= 4 is 0 Å². The quantitative estimate of drug-likeness (QED) is 0.689. The Labute approximate surface area is 118 Å². The van der Waals surface area contributed by atoms with Gasteiger partial charge in [0.2, 0.25) is 0 Å². The van der Waals surface area contributed by atoms with E-state index in [-0.39, 0.29) is 0 Å². The van der Waals surface area contributed by atoms with Crippen LogP contribution in [0, 0.1) is 5.41 Å². The monoisotopic (exact) mass is 263 g/mol. The zero-order valence-corrected chi connectivity index (χ0v) is 13.0. The molecule has 0 saturated carbocycles. The number of aryl methyl sites for hydroxylation is 2. The van der Waals surface area contributed by atoms with Crippen LogP contribution in [0.15, 0.2) is 24.3 Å². The Morgan fingerprint density at radius 3 is 2.32 bits per heavy atom. The Balaban J connectivity index is 2.32. The molecule has 0 aromatic heterocycles. The molecule has 0 radical (unpaired) electrons. The summed E-state index contributed by atoms with van der Waals surface area (Å²) in [4.78, 5) is 0. The SMILES string of the molecule is CCc1ccc(CCC(C)(C)CNCCOC)cc1. The first kappa shape index (κ1) is 16.2. The van der Waals surface area contributed by atoms with Crippen molar-refractivity contribution in [3.05, 3.63) is 35.4 Å². The summed E-state index contributed by atoms with van der Waals surface area (Å²) in [5.41, 5.74) is 3.20. The molecule has 108 valence electrons. The summed E-state index contributed by atoms with van der Waals surface area (Å²) in [7, 11) is 1.74. The van der Waals surface area contributed by atoms with E-state index in [1.54, 1.807) is 7.11 Å². The zero-order chi connectivity index (χ0) is 14.1. The first-order valence-electron chi connectivity index (χ1n) is 7.35. The fourth-order valence-electron chi connectivity index (χ4n) is 2.11. The maximum absolute atomic E-state index is 5.05. The van der Waals surface area contributed by atoms with Gasteiger partial charge in [-0.1, -0.05) is 45.0 Å². The van der Waals surface area contributed by atoms with Crippen molar-refractivity contribution in [1.29, 1.82) is 0 Å². The number of hydrogen-bond donors (Lipinski definition) is 1. The molecule has 0 atom stereocenters. The van der Waals surface area contributed by atoms with Gasteiger partial charge in [0, 0.05) is 20.2 Å². The average molecular weight is 263 g/mol. The largest absolute Gasteiger partial charge is 0.383 e. The molecule has 1 aromatic carbocycles. The number of nitrogens with one attached hydrogen (secondary N) is 1. The van der Waals surface area contributed by atoms with E-state index in [0.717, 1.165) is 32.5 Å². The molecule has 19 heavy (non-hydrogen) atoms. The minimum Gasteiger partial charge on any atom is -0.383 e. The molecule has 0 unspecified atom stereocenters. The standard InChI is InChI=1S/C17H29NO/c1-5-15-6-8-16(9-7-15)10-11-17(2,3)14-18-12-13-19-4/h6-9,18H,5,10-14H2,1-4H3. The highest BCUT2D eigenvalue weighted by molar-refractivity contribution is 5.22. The Kier molecular flexibility index (Phi) is 7.11. The van der Waals surface area contributed by atoms with Crippen molar-refractivity contribution in [3.8, 4) is 0 Å². The molecule has 0 heterocycles. The highest BCUT2D eigenvalue weighted by Crippen LogP contribution is 2.22. The summed E-state index contributed by atoms with van der Waals surface area (Å²) in [6.45, 7) is 9.62. The lowest BCUT2D eigenvalue weighted by molar-refractivity contribution is 0.193. The topological polar surface area (TPSA) is 21.3 Å². The Bertz CT molecular complexity index is 343. The summed E-state index contributed by atoms with van der Waals surface area (Å²) < 4.78 is 5.05. The highest BCUT2D eigenvalue weighted by Gasteiger charge is 2.16. The van der Waals surface area contributed by atoms with Crippen LogP contribution in [0.25, 0.3) is 0 Å². The van der Waals surface area contributed by atoms with Gasteiger partial charge in [0.05, 0.1) is 6.61 Å². The van der Waals surface area contributed by atoms with Crippen molar-refractivity contribution < 1.29 is 4.74 Å². The van der Waals surface area contributed by atoms with Crippen molar-refractivity contribution in [2.75, 3.05) is 26.8 Å². The molecule has 1 N–H and O–H groups in total. The fraction of sp³-hybridized carbons (Fsp3) is 0.647. The van der Waals surface area contributed by atoms with Gasteiger partial charge in [-0.3, -0.25) is 0 Å². The molecular formula is C17H29NO. The van der Waals surface area contributed by atoms with E-state index in [9.17, 15) is 0 Å². The third-order valence-electron chi connectivity index (χ3n) is 3.61. The lowest BCUT2D eigenvalue weighted by atomic mass is 9.86. The second-order valence-electron chi connectivity index (χ2n) is 6.00. The number of rotatable bonds is 9. The highest BCUT2D eigenvalue weighted by atomic mass is 16.5. The third-order valence-corrected chi connectivity index (χ3v) is 3.61. The van der Waals surface area contributed by atoms with Crippen molar-refractivity contribution in [1.82, 2.24) is 5.32 Å². The second-order valence-corrected chi connectivity index (χ2v) is 6.00. The minimum absolute atomic E-state index is 0.331. The average Bonchev–Trinajstić information content (AvgIpc) is 2.42. The fourth-order valence-corrected chi connectivity index (χ4v) is 2.11. The summed E-state index contributed by atoms with van der Waals surface area (Å²) in [5.74, 6) is 0. The zero-order valence-electron chi connectivity index (χ0n) is 13.0. The molecule has 0 bridgehead atoms. The van der Waals surface area contributed by atoms with E-state index in [4.69, 9.17) is 4.74 Å². The Morgan fingerprint density at radius 1 is 1.11 bits per heavy atom. The van der Waals surface area contributed by atoms with Gasteiger partial charge in [-0.25, -0.2) is 0 Å². The van der Waals surface area contributed by atoms with E-state index in [0.29, 0.717) is 5.41 Å².